The number of rotatable bonds is 4. The Kier molecular flexibility index (Phi) is 4.89. The van der Waals surface area contributed by atoms with Crippen LogP contribution in [0.5, 0.6) is 0 Å². The van der Waals surface area contributed by atoms with Crippen molar-refractivity contribution >= 4 is 28.4 Å². The quantitative estimate of drug-likeness (QED) is 0.528. The van der Waals surface area contributed by atoms with Crippen LogP contribution in [0.4, 0.5) is 11.5 Å². The monoisotopic (exact) mass is 397 g/mol. The molecule has 2 N–H and O–H groups in total. The predicted octanol–water partition coefficient (Wildman–Crippen LogP) is 4.59. The topological polar surface area (TPSA) is 73.9 Å². The smallest absolute Gasteiger partial charge is 0.255 e. The van der Waals surface area contributed by atoms with Gasteiger partial charge in [0.15, 0.2) is 0 Å². The molecule has 6 nitrogen and oxygen atoms in total. The van der Waals surface area contributed by atoms with Crippen molar-refractivity contribution in [2.24, 2.45) is 0 Å². The van der Waals surface area contributed by atoms with E-state index in [0.29, 0.717) is 11.5 Å². The van der Waals surface area contributed by atoms with Gasteiger partial charge in [0.05, 0.1) is 5.39 Å². The molecule has 1 aliphatic rings. The lowest BCUT2D eigenvalue weighted by atomic mass is 9.89. The van der Waals surface area contributed by atoms with Gasteiger partial charge in [-0.05, 0) is 48.7 Å². The normalized spacial score (nSPS) is 16.5. The zero-order chi connectivity index (χ0) is 20.3. The molecular weight excluding hydrogens is 374 g/mol. The first-order valence-corrected chi connectivity index (χ1v) is 10.3. The van der Waals surface area contributed by atoms with E-state index in [-0.39, 0.29) is 5.91 Å². The molecule has 1 unspecified atom stereocenters. The van der Waals surface area contributed by atoms with Gasteiger partial charge in [0, 0.05) is 36.5 Å². The van der Waals surface area contributed by atoms with Gasteiger partial charge in [-0.1, -0.05) is 30.3 Å². The van der Waals surface area contributed by atoms with E-state index in [2.05, 4.69) is 31.2 Å². The molecule has 30 heavy (non-hydrogen) atoms. The highest BCUT2D eigenvalue weighted by Gasteiger charge is 2.24. The van der Waals surface area contributed by atoms with Crippen LogP contribution in [0.2, 0.25) is 0 Å². The average Bonchev–Trinajstić information content (AvgIpc) is 3.29. The molecule has 6 heteroatoms. The molecule has 0 bridgehead atoms. The van der Waals surface area contributed by atoms with E-state index < -0.39 is 0 Å². The maximum absolute atomic E-state index is 12.7. The van der Waals surface area contributed by atoms with Gasteiger partial charge in [0.2, 0.25) is 0 Å². The highest BCUT2D eigenvalue weighted by atomic mass is 16.1. The summed E-state index contributed by atoms with van der Waals surface area (Å²) < 4.78 is 0. The third-order valence-corrected chi connectivity index (χ3v) is 5.71. The molecule has 2 aromatic heterocycles. The van der Waals surface area contributed by atoms with Gasteiger partial charge < -0.3 is 15.2 Å². The molecule has 5 rings (SSSR count). The summed E-state index contributed by atoms with van der Waals surface area (Å²) >= 11 is 0. The first kappa shape index (κ1) is 18.4. The Morgan fingerprint density at radius 3 is 2.87 bits per heavy atom. The summed E-state index contributed by atoms with van der Waals surface area (Å²) in [4.78, 5) is 27.1. The zero-order valence-electron chi connectivity index (χ0n) is 16.6. The zero-order valence-corrected chi connectivity index (χ0v) is 16.6. The van der Waals surface area contributed by atoms with Crippen molar-refractivity contribution < 1.29 is 4.79 Å². The number of carbonyl (C=O) groups is 1. The van der Waals surface area contributed by atoms with Crippen molar-refractivity contribution in [2.75, 3.05) is 23.3 Å². The SMILES string of the molecule is O=C(Nc1ccccc1)c1cccc(C2CCCN(c3ncnc4[nH]ccc34)C2)c1. The molecule has 1 amide bonds. The molecule has 0 saturated carbocycles. The van der Waals surface area contributed by atoms with E-state index in [1.807, 2.05) is 60.8 Å². The Bertz CT molecular complexity index is 1170. The molecular formula is C24H23N5O. The predicted molar refractivity (Wildman–Crippen MR) is 119 cm³/mol. The molecule has 4 aromatic rings. The number of H-pyrrole nitrogens is 1. The Labute approximate surface area is 175 Å². The summed E-state index contributed by atoms with van der Waals surface area (Å²) in [7, 11) is 0. The first-order chi connectivity index (χ1) is 14.8. The summed E-state index contributed by atoms with van der Waals surface area (Å²) in [5.41, 5.74) is 3.54. The second-order valence-electron chi connectivity index (χ2n) is 7.67. The Morgan fingerprint density at radius 1 is 1.07 bits per heavy atom. The number of fused-ring (bicyclic) bond motifs is 1. The second-order valence-corrected chi connectivity index (χ2v) is 7.67. The van der Waals surface area contributed by atoms with Crippen molar-refractivity contribution in [2.45, 2.75) is 18.8 Å². The molecule has 1 atom stereocenters. The van der Waals surface area contributed by atoms with Gasteiger partial charge in [-0.15, -0.1) is 0 Å². The number of nitrogens with zero attached hydrogens (tertiary/aromatic N) is 3. The maximum Gasteiger partial charge on any atom is 0.255 e. The second kappa shape index (κ2) is 7.99. The highest BCUT2D eigenvalue weighted by molar-refractivity contribution is 6.04. The van der Waals surface area contributed by atoms with E-state index in [1.54, 1.807) is 6.33 Å². The van der Waals surface area contributed by atoms with Gasteiger partial charge in [-0.25, -0.2) is 9.97 Å². The fourth-order valence-corrected chi connectivity index (χ4v) is 4.21. The fraction of sp³-hybridized carbons (Fsp3) is 0.208. The summed E-state index contributed by atoms with van der Waals surface area (Å²) in [5.74, 6) is 1.25. The van der Waals surface area contributed by atoms with Crippen molar-refractivity contribution in [3.8, 4) is 0 Å². The standard InChI is InChI=1S/C24H23N5O/c30-24(28-20-9-2-1-3-10-20)18-7-4-6-17(14-18)19-8-5-13-29(15-19)23-21-11-12-25-22(21)26-16-27-23/h1-4,6-7,9-12,14,16,19H,5,8,13,15H2,(H,28,30)(H,25,26,27). The minimum atomic E-state index is -0.0828. The Hall–Kier alpha value is -3.67. The number of nitrogens with one attached hydrogen (secondary N) is 2. The number of para-hydroxylation sites is 1. The third-order valence-electron chi connectivity index (χ3n) is 5.71. The number of aromatic nitrogens is 3. The highest BCUT2D eigenvalue weighted by Crippen LogP contribution is 2.32. The van der Waals surface area contributed by atoms with Crippen LogP contribution in [0.25, 0.3) is 11.0 Å². The van der Waals surface area contributed by atoms with Crippen molar-refractivity contribution in [3.63, 3.8) is 0 Å². The van der Waals surface area contributed by atoms with Gasteiger partial charge in [-0.2, -0.15) is 0 Å². The van der Waals surface area contributed by atoms with Gasteiger partial charge >= 0.3 is 0 Å². The van der Waals surface area contributed by atoms with E-state index >= 15 is 0 Å². The summed E-state index contributed by atoms with van der Waals surface area (Å²) in [6.45, 7) is 1.85. The van der Waals surface area contributed by atoms with Gasteiger partial charge in [-0.3, -0.25) is 4.79 Å². The van der Waals surface area contributed by atoms with Crippen LogP contribution < -0.4 is 10.2 Å². The van der Waals surface area contributed by atoms with Crippen LogP contribution in [0.15, 0.2) is 73.2 Å². The molecule has 150 valence electrons. The molecule has 0 spiro atoms. The van der Waals surface area contributed by atoms with Crippen molar-refractivity contribution in [1.29, 1.82) is 0 Å². The summed E-state index contributed by atoms with van der Waals surface area (Å²) in [5, 5.41) is 4.02. The van der Waals surface area contributed by atoms with Crippen LogP contribution in [0, 0.1) is 0 Å². The molecule has 0 aliphatic carbocycles. The van der Waals surface area contributed by atoms with Crippen LogP contribution in [0.1, 0.15) is 34.7 Å². The van der Waals surface area contributed by atoms with Crippen molar-refractivity contribution in [3.05, 3.63) is 84.3 Å². The van der Waals surface area contributed by atoms with Crippen LogP contribution in [-0.2, 0) is 0 Å². The summed E-state index contributed by atoms with van der Waals surface area (Å²) in [6.07, 6.45) is 5.70. The molecule has 1 aliphatic heterocycles. The van der Waals surface area contributed by atoms with E-state index in [4.69, 9.17) is 0 Å². The minimum absolute atomic E-state index is 0.0828. The largest absolute Gasteiger partial charge is 0.355 e. The molecule has 1 fully saturated rings. The Morgan fingerprint density at radius 2 is 1.97 bits per heavy atom. The lowest BCUT2D eigenvalue weighted by molar-refractivity contribution is 0.102. The fourth-order valence-electron chi connectivity index (χ4n) is 4.21. The molecule has 1 saturated heterocycles. The first-order valence-electron chi connectivity index (χ1n) is 10.3. The molecule has 0 radical (unpaired) electrons. The average molecular weight is 397 g/mol. The van der Waals surface area contributed by atoms with E-state index in [0.717, 1.165) is 48.5 Å². The van der Waals surface area contributed by atoms with Crippen LogP contribution in [-0.4, -0.2) is 33.9 Å². The third kappa shape index (κ3) is 3.64. The van der Waals surface area contributed by atoms with Gasteiger partial charge in [0.25, 0.3) is 5.91 Å². The number of piperidine rings is 1. The number of amides is 1. The maximum atomic E-state index is 12.7. The number of carbonyl (C=O) groups excluding carboxylic acids is 1. The number of hydrogen-bond acceptors (Lipinski definition) is 4. The number of aromatic amines is 1. The number of hydrogen-bond donors (Lipinski definition) is 2. The van der Waals surface area contributed by atoms with E-state index in [1.165, 1.54) is 5.56 Å². The number of anilines is 2. The number of benzene rings is 2. The van der Waals surface area contributed by atoms with Gasteiger partial charge in [0.1, 0.15) is 17.8 Å². The lowest BCUT2D eigenvalue weighted by Crippen LogP contribution is -2.35. The van der Waals surface area contributed by atoms with E-state index in [9.17, 15) is 4.79 Å². The van der Waals surface area contributed by atoms with Crippen LogP contribution in [0.3, 0.4) is 0 Å². The Balaban J connectivity index is 1.36. The van der Waals surface area contributed by atoms with Crippen LogP contribution >= 0.6 is 0 Å². The van der Waals surface area contributed by atoms with Crippen molar-refractivity contribution in [1.82, 2.24) is 15.0 Å². The minimum Gasteiger partial charge on any atom is -0.355 e. The summed E-state index contributed by atoms with van der Waals surface area (Å²) in [6, 6.07) is 19.6. The lowest BCUT2D eigenvalue weighted by Gasteiger charge is -2.34. The molecule has 2 aromatic carbocycles. The molecule has 3 heterocycles.